The number of Topliss-reactive ketones (excluding diaryl/α,β-unsaturated/α-hetero) is 1. The monoisotopic (exact) mass is 353 g/mol. The van der Waals surface area contributed by atoms with Gasteiger partial charge in [-0.05, 0) is 37.1 Å². The molecule has 0 radical (unpaired) electrons. The average Bonchev–Trinajstić information content (AvgIpc) is 2.93. The third kappa shape index (κ3) is 5.31. The molecular weight excluding hydrogens is 333 g/mol. The number of hydrogen-bond acceptors (Lipinski definition) is 5. The Morgan fingerprint density at radius 1 is 1.33 bits per heavy atom. The van der Waals surface area contributed by atoms with Crippen molar-refractivity contribution < 1.29 is 13.9 Å². The minimum Gasteiger partial charge on any atom is -0.385 e. The number of H-pyrrole nitrogens is 1. The van der Waals surface area contributed by atoms with E-state index >= 15 is 0 Å². The van der Waals surface area contributed by atoms with E-state index in [2.05, 4.69) is 10.2 Å². The van der Waals surface area contributed by atoms with E-state index < -0.39 is 0 Å². The first-order valence-corrected chi connectivity index (χ1v) is 8.66. The van der Waals surface area contributed by atoms with Gasteiger partial charge in [-0.1, -0.05) is 11.8 Å². The molecule has 0 saturated heterocycles. The summed E-state index contributed by atoms with van der Waals surface area (Å²) in [5, 5.41) is 7.05. The molecule has 0 aliphatic heterocycles. The molecule has 0 unspecified atom stereocenters. The van der Waals surface area contributed by atoms with E-state index in [4.69, 9.17) is 4.74 Å². The van der Waals surface area contributed by atoms with Crippen LogP contribution in [0, 0.1) is 5.82 Å². The number of carbonyl (C=O) groups excluding carboxylic acids is 1. The number of methoxy groups -OCH3 is 1. The maximum absolute atomic E-state index is 12.8. The Balaban J connectivity index is 1.79. The Morgan fingerprint density at radius 3 is 2.79 bits per heavy atom. The van der Waals surface area contributed by atoms with E-state index in [9.17, 15) is 14.0 Å². The predicted octanol–water partition coefficient (Wildman–Crippen LogP) is 2.50. The van der Waals surface area contributed by atoms with Crippen molar-refractivity contribution in [1.29, 1.82) is 0 Å². The first kappa shape index (κ1) is 18.4. The second-order valence-electron chi connectivity index (χ2n) is 5.19. The number of nitrogens with one attached hydrogen (secondary N) is 1. The minimum absolute atomic E-state index is 0.0184. The van der Waals surface area contributed by atoms with Crippen molar-refractivity contribution >= 4 is 17.5 Å². The van der Waals surface area contributed by atoms with Crippen molar-refractivity contribution in [1.82, 2.24) is 14.8 Å². The Morgan fingerprint density at radius 2 is 2.08 bits per heavy atom. The van der Waals surface area contributed by atoms with E-state index in [1.807, 2.05) is 0 Å². The number of rotatable bonds is 10. The SMILES string of the molecule is COCCCn1c(SCCCC(=O)c2ccc(F)cc2)n[nH]c1=O. The van der Waals surface area contributed by atoms with Crippen LogP contribution in [0.4, 0.5) is 4.39 Å². The van der Waals surface area contributed by atoms with E-state index in [1.165, 1.54) is 36.0 Å². The van der Waals surface area contributed by atoms with E-state index in [0.29, 0.717) is 42.5 Å². The molecule has 0 aliphatic rings. The number of hydrogen-bond donors (Lipinski definition) is 1. The van der Waals surface area contributed by atoms with Crippen LogP contribution in [-0.4, -0.2) is 40.0 Å². The Hall–Kier alpha value is -1.93. The molecule has 0 fully saturated rings. The Bertz CT molecular complexity index is 712. The second-order valence-corrected chi connectivity index (χ2v) is 6.25. The van der Waals surface area contributed by atoms with Crippen LogP contribution in [0.1, 0.15) is 29.6 Å². The summed E-state index contributed by atoms with van der Waals surface area (Å²) in [6, 6.07) is 5.55. The molecule has 0 atom stereocenters. The number of nitrogens with zero attached hydrogens (tertiary/aromatic N) is 2. The lowest BCUT2D eigenvalue weighted by atomic mass is 10.1. The van der Waals surface area contributed by atoms with Crippen LogP contribution in [0.3, 0.4) is 0 Å². The van der Waals surface area contributed by atoms with Crippen molar-refractivity contribution in [2.24, 2.45) is 0 Å². The van der Waals surface area contributed by atoms with E-state index in [0.717, 1.165) is 6.42 Å². The van der Waals surface area contributed by atoms with Gasteiger partial charge in [-0.3, -0.25) is 9.36 Å². The van der Waals surface area contributed by atoms with Gasteiger partial charge >= 0.3 is 5.69 Å². The third-order valence-corrected chi connectivity index (χ3v) is 4.46. The molecule has 6 nitrogen and oxygen atoms in total. The summed E-state index contributed by atoms with van der Waals surface area (Å²) in [4.78, 5) is 23.7. The number of aromatic nitrogens is 3. The highest BCUT2D eigenvalue weighted by atomic mass is 32.2. The Labute approximate surface area is 143 Å². The zero-order chi connectivity index (χ0) is 17.4. The summed E-state index contributed by atoms with van der Waals surface area (Å²) in [6.45, 7) is 1.12. The first-order valence-electron chi connectivity index (χ1n) is 7.67. The summed E-state index contributed by atoms with van der Waals surface area (Å²) in [6.07, 6.45) is 1.75. The van der Waals surface area contributed by atoms with Crippen LogP contribution in [0.15, 0.2) is 34.2 Å². The fraction of sp³-hybridized carbons (Fsp3) is 0.438. The van der Waals surface area contributed by atoms with Crippen LogP contribution in [0.25, 0.3) is 0 Å². The van der Waals surface area contributed by atoms with Gasteiger partial charge in [0.15, 0.2) is 10.9 Å². The van der Waals surface area contributed by atoms with Gasteiger partial charge in [-0.2, -0.15) is 0 Å². The maximum Gasteiger partial charge on any atom is 0.343 e. The molecule has 2 rings (SSSR count). The van der Waals surface area contributed by atoms with E-state index in [-0.39, 0.29) is 17.3 Å². The number of aromatic amines is 1. The maximum atomic E-state index is 12.8. The Kier molecular flexibility index (Phi) is 7.20. The highest BCUT2D eigenvalue weighted by Crippen LogP contribution is 2.16. The largest absolute Gasteiger partial charge is 0.385 e. The van der Waals surface area contributed by atoms with Gasteiger partial charge < -0.3 is 4.74 Å². The van der Waals surface area contributed by atoms with E-state index in [1.54, 1.807) is 11.7 Å². The van der Waals surface area contributed by atoms with Crippen LogP contribution in [0.2, 0.25) is 0 Å². The molecule has 2 aromatic rings. The molecule has 0 bridgehead atoms. The molecule has 130 valence electrons. The molecule has 1 aromatic heterocycles. The molecule has 1 aromatic carbocycles. The van der Waals surface area contributed by atoms with Gasteiger partial charge in [0.2, 0.25) is 0 Å². The lowest BCUT2D eigenvalue weighted by Gasteiger charge is -2.05. The molecule has 0 amide bonds. The third-order valence-electron chi connectivity index (χ3n) is 3.40. The minimum atomic E-state index is -0.355. The number of benzene rings is 1. The normalized spacial score (nSPS) is 10.9. The van der Waals surface area contributed by atoms with Crippen molar-refractivity contribution in [3.05, 3.63) is 46.1 Å². The fourth-order valence-electron chi connectivity index (χ4n) is 2.15. The van der Waals surface area contributed by atoms with Crippen molar-refractivity contribution in [3.8, 4) is 0 Å². The second kappa shape index (κ2) is 9.39. The van der Waals surface area contributed by atoms with Gasteiger partial charge in [0.1, 0.15) is 5.82 Å². The van der Waals surface area contributed by atoms with Crippen LogP contribution >= 0.6 is 11.8 Å². The van der Waals surface area contributed by atoms with Gasteiger partial charge in [0, 0.05) is 38.0 Å². The first-order chi connectivity index (χ1) is 11.6. The highest BCUT2D eigenvalue weighted by Gasteiger charge is 2.10. The molecule has 1 N–H and O–H groups in total. The van der Waals surface area contributed by atoms with Crippen LogP contribution in [-0.2, 0) is 11.3 Å². The number of ketones is 1. The summed E-state index contributed by atoms with van der Waals surface area (Å²) in [7, 11) is 1.62. The van der Waals surface area contributed by atoms with Gasteiger partial charge in [0.25, 0.3) is 0 Å². The lowest BCUT2D eigenvalue weighted by molar-refractivity contribution is 0.0982. The van der Waals surface area contributed by atoms with Crippen molar-refractivity contribution in [2.45, 2.75) is 31.0 Å². The smallest absolute Gasteiger partial charge is 0.343 e. The van der Waals surface area contributed by atoms with Gasteiger partial charge in [-0.15, -0.1) is 5.10 Å². The topological polar surface area (TPSA) is 77.0 Å². The number of ether oxygens (including phenoxy) is 1. The molecule has 8 heteroatoms. The zero-order valence-corrected chi connectivity index (χ0v) is 14.3. The molecule has 24 heavy (non-hydrogen) atoms. The summed E-state index contributed by atoms with van der Waals surface area (Å²) < 4.78 is 19.4. The highest BCUT2D eigenvalue weighted by molar-refractivity contribution is 7.99. The quantitative estimate of drug-likeness (QED) is 0.403. The number of halogens is 1. The molecule has 0 spiro atoms. The number of carbonyl (C=O) groups is 1. The van der Waals surface area contributed by atoms with Crippen LogP contribution < -0.4 is 5.69 Å². The molecular formula is C16H20FN3O3S. The number of thioether (sulfide) groups is 1. The van der Waals surface area contributed by atoms with Gasteiger partial charge in [-0.25, -0.2) is 14.3 Å². The molecule has 0 saturated carbocycles. The summed E-state index contributed by atoms with van der Waals surface area (Å²) in [5.41, 5.74) is 0.272. The van der Waals surface area contributed by atoms with Crippen LogP contribution in [0.5, 0.6) is 0 Å². The van der Waals surface area contributed by atoms with Crippen molar-refractivity contribution in [3.63, 3.8) is 0 Å². The zero-order valence-electron chi connectivity index (χ0n) is 13.5. The van der Waals surface area contributed by atoms with Crippen molar-refractivity contribution in [2.75, 3.05) is 19.5 Å². The van der Waals surface area contributed by atoms with Gasteiger partial charge in [0.05, 0.1) is 0 Å². The average molecular weight is 353 g/mol. The summed E-state index contributed by atoms with van der Waals surface area (Å²) in [5.74, 6) is 0.295. The molecule has 1 heterocycles. The standard InChI is InChI=1S/C16H20FN3O3S/c1-23-10-3-9-20-15(22)18-19-16(20)24-11-2-4-14(21)12-5-7-13(17)8-6-12/h5-8H,2-4,9-11H2,1H3,(H,18,22). The predicted molar refractivity (Wildman–Crippen MR) is 90.0 cm³/mol. The fourth-order valence-corrected chi connectivity index (χ4v) is 3.07. The lowest BCUT2D eigenvalue weighted by Crippen LogP contribution is -2.18. The summed E-state index contributed by atoms with van der Waals surface area (Å²) >= 11 is 1.43. The molecule has 0 aliphatic carbocycles.